The summed E-state index contributed by atoms with van der Waals surface area (Å²) in [5.41, 5.74) is 0.846. The van der Waals surface area contributed by atoms with Gasteiger partial charge in [0.25, 0.3) is 0 Å². The normalized spacial score (nSPS) is 10.3. The minimum absolute atomic E-state index is 0.504. The number of hydrogen-bond donors (Lipinski definition) is 1. The number of aromatic amines is 1. The van der Waals surface area contributed by atoms with Crippen LogP contribution in [-0.2, 0) is 7.05 Å². The first-order chi connectivity index (χ1) is 7.22. The molecule has 0 atom stereocenters. The molecule has 2 heterocycles. The second-order valence-corrected chi connectivity index (χ2v) is 3.35. The summed E-state index contributed by atoms with van der Waals surface area (Å²) in [6.45, 7) is 0. The van der Waals surface area contributed by atoms with Gasteiger partial charge in [0.05, 0.1) is 18.9 Å². The first kappa shape index (κ1) is 9.85. The van der Waals surface area contributed by atoms with Crippen LogP contribution in [0.1, 0.15) is 0 Å². The lowest BCUT2D eigenvalue weighted by molar-refractivity contribution is 0.414. The maximum absolute atomic E-state index is 5.18. The lowest BCUT2D eigenvalue weighted by Gasteiger charge is -2.03. The van der Waals surface area contributed by atoms with Crippen LogP contribution in [0.25, 0.3) is 11.4 Å². The predicted octanol–water partition coefficient (Wildman–Crippen LogP) is 1.55. The van der Waals surface area contributed by atoms with E-state index in [9.17, 15) is 0 Å². The van der Waals surface area contributed by atoms with Gasteiger partial charge in [0.15, 0.2) is 5.82 Å². The molecule has 0 unspecified atom stereocenters. The minimum Gasteiger partial charge on any atom is -0.494 e. The Morgan fingerprint density at radius 1 is 1.53 bits per heavy atom. The summed E-state index contributed by atoms with van der Waals surface area (Å²) in [6, 6.07) is 1.83. The summed E-state index contributed by atoms with van der Waals surface area (Å²) < 4.78 is 7.36. The molecular formula is C9H10N4OS. The third-order valence-electron chi connectivity index (χ3n) is 2.03. The van der Waals surface area contributed by atoms with Crippen LogP contribution in [0.3, 0.4) is 0 Å². The third kappa shape index (κ3) is 1.75. The highest BCUT2D eigenvalue weighted by Gasteiger charge is 2.08. The molecule has 0 spiro atoms. The van der Waals surface area contributed by atoms with Crippen molar-refractivity contribution in [1.82, 2.24) is 19.7 Å². The largest absolute Gasteiger partial charge is 0.494 e. The summed E-state index contributed by atoms with van der Waals surface area (Å²) in [7, 11) is 3.41. The average molecular weight is 222 g/mol. The van der Waals surface area contributed by atoms with Gasteiger partial charge in [0.1, 0.15) is 5.75 Å². The van der Waals surface area contributed by atoms with E-state index in [1.54, 1.807) is 24.2 Å². The van der Waals surface area contributed by atoms with Gasteiger partial charge in [-0.2, -0.15) is 4.98 Å². The minimum atomic E-state index is 0.504. The highest BCUT2D eigenvalue weighted by Crippen LogP contribution is 2.25. The van der Waals surface area contributed by atoms with Crippen molar-refractivity contribution in [2.24, 2.45) is 7.05 Å². The molecule has 5 nitrogen and oxygen atoms in total. The van der Waals surface area contributed by atoms with Crippen LogP contribution in [0.15, 0.2) is 18.5 Å². The lowest BCUT2D eigenvalue weighted by atomic mass is 10.2. The Bertz CT molecular complexity index is 531. The van der Waals surface area contributed by atoms with Crippen molar-refractivity contribution in [3.63, 3.8) is 0 Å². The number of pyridine rings is 1. The number of nitrogens with zero attached hydrogens (tertiary/aromatic N) is 3. The Morgan fingerprint density at radius 3 is 2.93 bits per heavy atom. The summed E-state index contributed by atoms with van der Waals surface area (Å²) in [4.78, 5) is 8.17. The van der Waals surface area contributed by atoms with Crippen molar-refractivity contribution in [3.8, 4) is 17.1 Å². The predicted molar refractivity (Wildman–Crippen MR) is 58.2 cm³/mol. The van der Waals surface area contributed by atoms with Gasteiger partial charge in [-0.3, -0.25) is 14.8 Å². The molecule has 0 saturated heterocycles. The molecule has 15 heavy (non-hydrogen) atoms. The Kier molecular flexibility index (Phi) is 2.51. The summed E-state index contributed by atoms with van der Waals surface area (Å²) in [5.74, 6) is 1.35. The zero-order chi connectivity index (χ0) is 10.8. The average Bonchev–Trinajstić information content (AvgIpc) is 2.59. The van der Waals surface area contributed by atoms with Crippen molar-refractivity contribution in [1.29, 1.82) is 0 Å². The smallest absolute Gasteiger partial charge is 0.216 e. The molecule has 0 fully saturated rings. The molecule has 2 aromatic heterocycles. The van der Waals surface area contributed by atoms with E-state index < -0.39 is 0 Å². The number of ether oxygens (including phenoxy) is 1. The molecule has 78 valence electrons. The van der Waals surface area contributed by atoms with Crippen molar-refractivity contribution in [3.05, 3.63) is 23.2 Å². The maximum atomic E-state index is 5.18. The molecule has 1 N–H and O–H groups in total. The summed E-state index contributed by atoms with van der Waals surface area (Å²) >= 11 is 5.02. The van der Waals surface area contributed by atoms with Crippen molar-refractivity contribution in [2.75, 3.05) is 7.11 Å². The number of aryl methyl sites for hydroxylation is 1. The molecule has 2 aromatic rings. The highest BCUT2D eigenvalue weighted by molar-refractivity contribution is 7.71. The number of hydrogen-bond acceptors (Lipinski definition) is 4. The van der Waals surface area contributed by atoms with Crippen LogP contribution in [0.5, 0.6) is 5.75 Å². The van der Waals surface area contributed by atoms with Gasteiger partial charge in [0.2, 0.25) is 4.77 Å². The van der Waals surface area contributed by atoms with E-state index in [0.717, 1.165) is 5.56 Å². The van der Waals surface area contributed by atoms with Gasteiger partial charge >= 0.3 is 0 Å². The molecule has 2 rings (SSSR count). The van der Waals surface area contributed by atoms with E-state index in [-0.39, 0.29) is 0 Å². The van der Waals surface area contributed by atoms with E-state index in [4.69, 9.17) is 17.0 Å². The number of rotatable bonds is 2. The third-order valence-corrected chi connectivity index (χ3v) is 2.39. The number of nitrogens with one attached hydrogen (secondary N) is 1. The Balaban J connectivity index is 2.58. The van der Waals surface area contributed by atoms with Crippen LogP contribution in [0, 0.1) is 4.77 Å². The number of H-pyrrole nitrogens is 1. The fourth-order valence-corrected chi connectivity index (χ4v) is 1.40. The van der Waals surface area contributed by atoms with Gasteiger partial charge < -0.3 is 4.74 Å². The quantitative estimate of drug-likeness (QED) is 0.783. The lowest BCUT2D eigenvalue weighted by Crippen LogP contribution is -1.92. The van der Waals surface area contributed by atoms with E-state index in [1.165, 1.54) is 0 Å². The van der Waals surface area contributed by atoms with E-state index >= 15 is 0 Å². The topological polar surface area (TPSA) is 55.7 Å². The molecule has 0 saturated carbocycles. The van der Waals surface area contributed by atoms with Crippen LogP contribution in [0.4, 0.5) is 0 Å². The Hall–Kier alpha value is -1.69. The van der Waals surface area contributed by atoms with Gasteiger partial charge in [-0.1, -0.05) is 0 Å². The van der Waals surface area contributed by atoms with Gasteiger partial charge in [-0.25, -0.2) is 0 Å². The van der Waals surface area contributed by atoms with E-state index in [1.807, 2.05) is 13.1 Å². The fourth-order valence-electron chi connectivity index (χ4n) is 1.26. The van der Waals surface area contributed by atoms with Crippen LogP contribution in [-0.4, -0.2) is 26.9 Å². The molecule has 0 aliphatic heterocycles. The molecule has 0 aromatic carbocycles. The maximum Gasteiger partial charge on any atom is 0.216 e. The second kappa shape index (κ2) is 3.82. The molecule has 0 radical (unpaired) electrons. The zero-order valence-corrected chi connectivity index (χ0v) is 9.21. The molecule has 6 heteroatoms. The van der Waals surface area contributed by atoms with Crippen molar-refractivity contribution < 1.29 is 4.74 Å². The first-order valence-corrected chi connectivity index (χ1v) is 4.74. The highest BCUT2D eigenvalue weighted by atomic mass is 32.1. The Labute approximate surface area is 91.7 Å². The summed E-state index contributed by atoms with van der Waals surface area (Å²) in [5, 5.41) is 3.03. The van der Waals surface area contributed by atoms with Crippen molar-refractivity contribution in [2.45, 2.75) is 0 Å². The van der Waals surface area contributed by atoms with E-state index in [0.29, 0.717) is 16.3 Å². The SMILES string of the molecule is COc1cnccc1-c1nc(=S)n(C)[nH]1. The van der Waals surface area contributed by atoms with E-state index in [2.05, 4.69) is 15.1 Å². The first-order valence-electron chi connectivity index (χ1n) is 4.34. The summed E-state index contributed by atoms with van der Waals surface area (Å²) in [6.07, 6.45) is 3.32. The second-order valence-electron chi connectivity index (χ2n) is 2.99. The molecule has 0 aliphatic carbocycles. The number of methoxy groups -OCH3 is 1. The van der Waals surface area contributed by atoms with Gasteiger partial charge in [-0.05, 0) is 18.3 Å². The van der Waals surface area contributed by atoms with Crippen LogP contribution >= 0.6 is 12.2 Å². The van der Waals surface area contributed by atoms with Crippen molar-refractivity contribution >= 4 is 12.2 Å². The standard InChI is InChI=1S/C9H10N4OS/c1-13-9(15)11-8(12-13)6-3-4-10-5-7(6)14-2/h3-5H,1-2H3,(H,11,12,15). The van der Waals surface area contributed by atoms with Crippen LogP contribution in [0.2, 0.25) is 0 Å². The molecule has 0 aliphatic rings. The fraction of sp³-hybridized carbons (Fsp3) is 0.222. The van der Waals surface area contributed by atoms with Gasteiger partial charge in [0, 0.05) is 13.2 Å². The Morgan fingerprint density at radius 2 is 2.33 bits per heavy atom. The van der Waals surface area contributed by atoms with Crippen LogP contribution < -0.4 is 4.74 Å². The van der Waals surface area contributed by atoms with Gasteiger partial charge in [-0.15, -0.1) is 0 Å². The zero-order valence-electron chi connectivity index (χ0n) is 8.39. The molecule has 0 amide bonds. The monoisotopic (exact) mass is 222 g/mol. The molecule has 0 bridgehead atoms. The number of aromatic nitrogens is 4. The molecular weight excluding hydrogens is 212 g/mol.